The van der Waals surface area contributed by atoms with Gasteiger partial charge < -0.3 is 5.32 Å². The van der Waals surface area contributed by atoms with Crippen LogP contribution in [0.25, 0.3) is 0 Å². The lowest BCUT2D eigenvalue weighted by atomic mass is 10.3. The molecule has 0 aliphatic rings. The third kappa shape index (κ3) is 147. The Morgan fingerprint density at radius 1 is 0.800 bits per heavy atom. The Bertz CT molecular complexity index is 117. The van der Waals surface area contributed by atoms with Crippen LogP contribution in [0.1, 0.15) is 62.3 Å². The highest BCUT2D eigenvalue weighted by atomic mass is 16.1. The lowest BCUT2D eigenvalue weighted by Crippen LogP contribution is -2.27. The summed E-state index contributed by atoms with van der Waals surface area (Å²) in [6, 6.07) is 0.275. The summed E-state index contributed by atoms with van der Waals surface area (Å²) in [6.07, 6.45) is 0. The van der Waals surface area contributed by atoms with Gasteiger partial charge in [0, 0.05) is 13.0 Å². The van der Waals surface area contributed by atoms with Crippen LogP contribution in [-0.2, 0) is 4.79 Å². The third-order valence-corrected chi connectivity index (χ3v) is 0.492. The van der Waals surface area contributed by atoms with Gasteiger partial charge >= 0.3 is 0 Å². The molecule has 0 aliphatic heterocycles. The smallest absolute Gasteiger partial charge is 0.217 e. The summed E-state index contributed by atoms with van der Waals surface area (Å²) in [5.74, 6) is 1.70. The van der Waals surface area contributed by atoms with E-state index in [-0.39, 0.29) is 11.9 Å². The maximum absolute atomic E-state index is 10.1. The summed E-state index contributed by atoms with van der Waals surface area (Å²) < 4.78 is 0. The van der Waals surface area contributed by atoms with E-state index >= 15 is 0 Å². The van der Waals surface area contributed by atoms with Gasteiger partial charge in [-0.05, 0) is 25.7 Å². The van der Waals surface area contributed by atoms with E-state index in [1.807, 2.05) is 13.8 Å². The Hall–Kier alpha value is -0.530. The SMILES string of the molecule is CC(=O)NC(C)C.CC(C)C.CC(C)C. The van der Waals surface area contributed by atoms with Gasteiger partial charge in [-0.1, -0.05) is 41.5 Å². The van der Waals surface area contributed by atoms with E-state index in [1.54, 1.807) is 0 Å². The number of hydrogen-bond donors (Lipinski definition) is 1. The van der Waals surface area contributed by atoms with Crippen molar-refractivity contribution >= 4 is 5.91 Å². The summed E-state index contributed by atoms with van der Waals surface area (Å²) in [5, 5.41) is 2.67. The van der Waals surface area contributed by atoms with Crippen LogP contribution in [0.3, 0.4) is 0 Å². The second kappa shape index (κ2) is 13.5. The molecular weight excluding hydrogens is 186 g/mol. The Kier molecular flexibility index (Phi) is 17.9. The number of hydrogen-bond acceptors (Lipinski definition) is 1. The highest BCUT2D eigenvalue weighted by Crippen LogP contribution is 1.81. The Labute approximate surface area is 96.8 Å². The molecule has 1 amide bonds. The van der Waals surface area contributed by atoms with Crippen LogP contribution in [0.15, 0.2) is 0 Å². The van der Waals surface area contributed by atoms with Crippen LogP contribution in [-0.4, -0.2) is 11.9 Å². The summed E-state index contributed by atoms with van der Waals surface area (Å²) >= 11 is 0. The number of carbonyl (C=O) groups excluding carboxylic acids is 1. The van der Waals surface area contributed by atoms with Gasteiger partial charge in [0.15, 0.2) is 0 Å². The minimum Gasteiger partial charge on any atom is -0.354 e. The molecule has 0 unspecified atom stereocenters. The van der Waals surface area contributed by atoms with Crippen molar-refractivity contribution in [2.45, 2.75) is 68.4 Å². The van der Waals surface area contributed by atoms with Crippen LogP contribution in [0.5, 0.6) is 0 Å². The first-order chi connectivity index (χ1) is 6.59. The zero-order valence-corrected chi connectivity index (χ0v) is 12.1. The van der Waals surface area contributed by atoms with Crippen molar-refractivity contribution in [3.05, 3.63) is 0 Å². The first-order valence-corrected chi connectivity index (χ1v) is 5.86. The predicted octanol–water partition coefficient (Wildman–Crippen LogP) is 3.86. The van der Waals surface area contributed by atoms with Crippen molar-refractivity contribution in [1.82, 2.24) is 5.32 Å². The largest absolute Gasteiger partial charge is 0.354 e. The average molecular weight is 217 g/mol. The van der Waals surface area contributed by atoms with E-state index in [0.29, 0.717) is 0 Å². The molecule has 0 heterocycles. The van der Waals surface area contributed by atoms with Gasteiger partial charge in [0.25, 0.3) is 0 Å². The average Bonchev–Trinajstić information content (AvgIpc) is 1.78. The minimum absolute atomic E-state index is 0.0370. The van der Waals surface area contributed by atoms with Crippen molar-refractivity contribution < 1.29 is 4.79 Å². The number of nitrogens with one attached hydrogen (secondary N) is 1. The fourth-order valence-corrected chi connectivity index (χ4v) is 0.407. The normalized spacial score (nSPS) is 9.07. The highest BCUT2D eigenvalue weighted by molar-refractivity contribution is 5.73. The van der Waals surface area contributed by atoms with Crippen molar-refractivity contribution in [1.29, 1.82) is 0 Å². The van der Waals surface area contributed by atoms with Crippen LogP contribution in [0, 0.1) is 11.8 Å². The first-order valence-electron chi connectivity index (χ1n) is 5.86. The van der Waals surface area contributed by atoms with Gasteiger partial charge in [-0.2, -0.15) is 0 Å². The molecule has 15 heavy (non-hydrogen) atoms. The van der Waals surface area contributed by atoms with Crippen LogP contribution in [0.4, 0.5) is 0 Å². The fraction of sp³-hybridized carbons (Fsp3) is 0.923. The van der Waals surface area contributed by atoms with Gasteiger partial charge in [0.05, 0.1) is 0 Å². The predicted molar refractivity (Wildman–Crippen MR) is 70.0 cm³/mol. The molecule has 0 aromatic rings. The van der Waals surface area contributed by atoms with Crippen LogP contribution < -0.4 is 5.32 Å². The lowest BCUT2D eigenvalue weighted by Gasteiger charge is -2.02. The standard InChI is InChI=1S/C5H11NO.2C4H10/c1-4(2)6-5(3)7;2*1-4(2)3/h4H,1-3H3,(H,6,7);2*4H,1-3H3. The Balaban J connectivity index is -0.000000155. The second-order valence-electron chi connectivity index (χ2n) is 5.32. The van der Waals surface area contributed by atoms with Crippen LogP contribution in [0.2, 0.25) is 0 Å². The highest BCUT2D eigenvalue weighted by Gasteiger charge is 1.90. The quantitative estimate of drug-likeness (QED) is 0.710. The lowest BCUT2D eigenvalue weighted by molar-refractivity contribution is -0.119. The summed E-state index contributed by atoms with van der Waals surface area (Å²) in [7, 11) is 0. The fourth-order valence-electron chi connectivity index (χ4n) is 0.407. The van der Waals surface area contributed by atoms with Gasteiger partial charge in [-0.15, -0.1) is 0 Å². The molecule has 0 saturated heterocycles. The van der Waals surface area contributed by atoms with E-state index in [4.69, 9.17) is 0 Å². The monoisotopic (exact) mass is 217 g/mol. The summed E-state index contributed by atoms with van der Waals surface area (Å²) in [5.41, 5.74) is 0. The maximum atomic E-state index is 10.1. The molecule has 0 fully saturated rings. The van der Waals surface area contributed by atoms with Crippen molar-refractivity contribution in [3.63, 3.8) is 0 Å². The van der Waals surface area contributed by atoms with E-state index in [2.05, 4.69) is 46.9 Å². The van der Waals surface area contributed by atoms with Gasteiger partial charge in [0.2, 0.25) is 5.91 Å². The molecule has 0 aromatic heterocycles. The topological polar surface area (TPSA) is 29.1 Å². The molecule has 0 aromatic carbocycles. The second-order valence-corrected chi connectivity index (χ2v) is 5.32. The summed E-state index contributed by atoms with van der Waals surface area (Å²) in [4.78, 5) is 10.1. The van der Waals surface area contributed by atoms with E-state index in [1.165, 1.54) is 6.92 Å². The molecule has 0 spiro atoms. The molecule has 0 radical (unpaired) electrons. The molecule has 2 heteroatoms. The molecule has 94 valence electrons. The Morgan fingerprint density at radius 2 is 1.00 bits per heavy atom. The molecule has 0 saturated carbocycles. The molecule has 2 nitrogen and oxygen atoms in total. The third-order valence-electron chi connectivity index (χ3n) is 0.492. The van der Waals surface area contributed by atoms with Gasteiger partial charge in [-0.25, -0.2) is 0 Å². The van der Waals surface area contributed by atoms with E-state index in [0.717, 1.165) is 11.8 Å². The molecule has 1 N–H and O–H groups in total. The number of carbonyl (C=O) groups is 1. The van der Waals surface area contributed by atoms with Crippen molar-refractivity contribution in [2.75, 3.05) is 0 Å². The van der Waals surface area contributed by atoms with Crippen LogP contribution >= 0.6 is 0 Å². The first kappa shape index (κ1) is 20.0. The number of amides is 1. The van der Waals surface area contributed by atoms with Crippen molar-refractivity contribution in [3.8, 4) is 0 Å². The zero-order valence-electron chi connectivity index (χ0n) is 12.1. The van der Waals surface area contributed by atoms with E-state index < -0.39 is 0 Å². The van der Waals surface area contributed by atoms with E-state index in [9.17, 15) is 4.79 Å². The summed E-state index contributed by atoms with van der Waals surface area (Å²) in [6.45, 7) is 18.4. The number of rotatable bonds is 1. The molecular formula is C13H31NO. The molecule has 0 atom stereocenters. The molecule has 0 bridgehead atoms. The maximum Gasteiger partial charge on any atom is 0.217 e. The molecule has 0 aliphatic carbocycles. The molecule has 0 rings (SSSR count). The van der Waals surface area contributed by atoms with Gasteiger partial charge in [0.1, 0.15) is 0 Å². The van der Waals surface area contributed by atoms with Gasteiger partial charge in [-0.3, -0.25) is 4.79 Å². The zero-order chi connectivity index (χ0) is 13.0. The Morgan fingerprint density at radius 3 is 1.00 bits per heavy atom. The van der Waals surface area contributed by atoms with Crippen molar-refractivity contribution in [2.24, 2.45) is 11.8 Å². The minimum atomic E-state index is 0.0370.